The van der Waals surface area contributed by atoms with E-state index in [0.717, 1.165) is 36.8 Å². The number of hydrogen-bond donors (Lipinski definition) is 0. The molecular formula is C12H18O. The summed E-state index contributed by atoms with van der Waals surface area (Å²) in [5.41, 5.74) is 2.05. The maximum Gasteiger partial charge on any atom is 0.136 e. The molecule has 0 aromatic heterocycles. The molecule has 0 radical (unpaired) electrons. The van der Waals surface area contributed by atoms with Gasteiger partial charge in [-0.15, -0.1) is 0 Å². The molecule has 1 rings (SSSR count). The average molecular weight is 178 g/mol. The second kappa shape index (κ2) is 4.40. The first-order chi connectivity index (χ1) is 6.11. The standard InChI is InChI=1S/C12H18O/c1-9(2)10(3)8-11-6-4-5-7-12(11)13/h11H,1,3-8H2,2H3. The molecular weight excluding hydrogens is 160 g/mol. The second-order valence-corrected chi connectivity index (χ2v) is 4.00. The Balaban J connectivity index is 2.47. The molecule has 1 atom stereocenters. The van der Waals surface area contributed by atoms with Gasteiger partial charge in [0, 0.05) is 12.3 Å². The summed E-state index contributed by atoms with van der Waals surface area (Å²) < 4.78 is 0. The van der Waals surface area contributed by atoms with Gasteiger partial charge < -0.3 is 0 Å². The van der Waals surface area contributed by atoms with Gasteiger partial charge in [-0.3, -0.25) is 4.79 Å². The molecule has 0 N–H and O–H groups in total. The van der Waals surface area contributed by atoms with Gasteiger partial charge in [0.1, 0.15) is 5.78 Å². The Hall–Kier alpha value is -0.850. The minimum atomic E-state index is 0.234. The molecule has 1 unspecified atom stereocenters. The smallest absolute Gasteiger partial charge is 0.136 e. The molecule has 1 aliphatic carbocycles. The van der Waals surface area contributed by atoms with Crippen molar-refractivity contribution in [2.45, 2.75) is 39.0 Å². The first-order valence-corrected chi connectivity index (χ1v) is 4.97. The van der Waals surface area contributed by atoms with Crippen molar-refractivity contribution in [1.29, 1.82) is 0 Å². The SMILES string of the molecule is C=C(C)C(=C)CC1CCCCC1=O. The lowest BCUT2D eigenvalue weighted by atomic mass is 9.83. The van der Waals surface area contributed by atoms with E-state index < -0.39 is 0 Å². The maximum absolute atomic E-state index is 11.5. The highest BCUT2D eigenvalue weighted by Crippen LogP contribution is 2.27. The van der Waals surface area contributed by atoms with Crippen LogP contribution in [0.2, 0.25) is 0 Å². The summed E-state index contributed by atoms with van der Waals surface area (Å²) in [5, 5.41) is 0. The fourth-order valence-electron chi connectivity index (χ4n) is 1.74. The molecule has 0 aromatic carbocycles. The third-order valence-corrected chi connectivity index (χ3v) is 2.78. The molecule has 1 saturated carbocycles. The lowest BCUT2D eigenvalue weighted by Gasteiger charge is -2.21. The highest BCUT2D eigenvalue weighted by molar-refractivity contribution is 5.82. The Labute approximate surface area is 80.5 Å². The van der Waals surface area contributed by atoms with Gasteiger partial charge >= 0.3 is 0 Å². The Kier molecular flexibility index (Phi) is 3.47. The minimum absolute atomic E-state index is 0.234. The van der Waals surface area contributed by atoms with E-state index in [9.17, 15) is 4.79 Å². The highest BCUT2D eigenvalue weighted by atomic mass is 16.1. The number of carbonyl (C=O) groups excluding carboxylic acids is 1. The second-order valence-electron chi connectivity index (χ2n) is 4.00. The molecule has 1 aliphatic rings. The fourth-order valence-corrected chi connectivity index (χ4v) is 1.74. The molecule has 1 fully saturated rings. The van der Waals surface area contributed by atoms with E-state index in [2.05, 4.69) is 13.2 Å². The van der Waals surface area contributed by atoms with Crippen LogP contribution in [0.1, 0.15) is 39.0 Å². The molecule has 0 heterocycles. The van der Waals surface area contributed by atoms with Gasteiger partial charge in [0.05, 0.1) is 0 Å². The van der Waals surface area contributed by atoms with E-state index in [-0.39, 0.29) is 5.92 Å². The molecule has 0 spiro atoms. The molecule has 13 heavy (non-hydrogen) atoms. The molecule has 72 valence electrons. The van der Waals surface area contributed by atoms with Gasteiger partial charge in [0.15, 0.2) is 0 Å². The van der Waals surface area contributed by atoms with Gasteiger partial charge in [0.25, 0.3) is 0 Å². The van der Waals surface area contributed by atoms with Crippen molar-refractivity contribution < 1.29 is 4.79 Å². The van der Waals surface area contributed by atoms with Crippen LogP contribution in [0.25, 0.3) is 0 Å². The van der Waals surface area contributed by atoms with Crippen LogP contribution in [-0.4, -0.2) is 5.78 Å². The predicted octanol–water partition coefficient (Wildman–Crippen LogP) is 3.27. The molecule has 0 aliphatic heterocycles. The molecule has 1 heteroatoms. The Morgan fingerprint density at radius 3 is 2.69 bits per heavy atom. The number of hydrogen-bond acceptors (Lipinski definition) is 1. The Bertz CT molecular complexity index is 238. The van der Waals surface area contributed by atoms with Crippen LogP contribution in [0.5, 0.6) is 0 Å². The molecule has 1 nitrogen and oxygen atoms in total. The van der Waals surface area contributed by atoms with Crippen LogP contribution in [0.15, 0.2) is 24.3 Å². The zero-order chi connectivity index (χ0) is 9.84. The van der Waals surface area contributed by atoms with Crippen molar-refractivity contribution in [1.82, 2.24) is 0 Å². The van der Waals surface area contributed by atoms with Gasteiger partial charge in [-0.2, -0.15) is 0 Å². The van der Waals surface area contributed by atoms with Crippen molar-refractivity contribution in [3.63, 3.8) is 0 Å². The Morgan fingerprint density at radius 1 is 1.46 bits per heavy atom. The first-order valence-electron chi connectivity index (χ1n) is 4.97. The molecule has 0 amide bonds. The number of carbonyl (C=O) groups is 1. The molecule has 0 bridgehead atoms. The largest absolute Gasteiger partial charge is 0.299 e. The summed E-state index contributed by atoms with van der Waals surface area (Å²) in [5.74, 6) is 0.659. The van der Waals surface area contributed by atoms with E-state index >= 15 is 0 Å². The van der Waals surface area contributed by atoms with Crippen LogP contribution in [0.4, 0.5) is 0 Å². The van der Waals surface area contributed by atoms with Gasteiger partial charge in [0.2, 0.25) is 0 Å². The number of ketones is 1. The summed E-state index contributed by atoms with van der Waals surface area (Å²) in [6.45, 7) is 9.72. The van der Waals surface area contributed by atoms with Crippen LogP contribution < -0.4 is 0 Å². The van der Waals surface area contributed by atoms with Crippen LogP contribution in [0.3, 0.4) is 0 Å². The topological polar surface area (TPSA) is 17.1 Å². The Morgan fingerprint density at radius 2 is 2.15 bits per heavy atom. The van der Waals surface area contributed by atoms with E-state index in [1.165, 1.54) is 6.42 Å². The van der Waals surface area contributed by atoms with E-state index in [1.54, 1.807) is 0 Å². The third-order valence-electron chi connectivity index (χ3n) is 2.78. The van der Waals surface area contributed by atoms with E-state index in [1.807, 2.05) is 6.92 Å². The fraction of sp³-hybridized carbons (Fsp3) is 0.583. The third kappa shape index (κ3) is 2.83. The summed E-state index contributed by atoms with van der Waals surface area (Å²) in [7, 11) is 0. The highest BCUT2D eigenvalue weighted by Gasteiger charge is 2.22. The van der Waals surface area contributed by atoms with Gasteiger partial charge in [-0.05, 0) is 26.2 Å². The lowest BCUT2D eigenvalue weighted by molar-refractivity contribution is -0.124. The summed E-state index contributed by atoms with van der Waals surface area (Å²) in [4.78, 5) is 11.5. The van der Waals surface area contributed by atoms with Crippen LogP contribution in [0, 0.1) is 5.92 Å². The monoisotopic (exact) mass is 178 g/mol. The van der Waals surface area contributed by atoms with Crippen LogP contribution >= 0.6 is 0 Å². The van der Waals surface area contributed by atoms with Crippen molar-refractivity contribution in [3.8, 4) is 0 Å². The molecule has 0 aromatic rings. The average Bonchev–Trinajstić information content (AvgIpc) is 2.08. The summed E-state index contributed by atoms with van der Waals surface area (Å²) in [6, 6.07) is 0. The maximum atomic E-state index is 11.5. The quantitative estimate of drug-likeness (QED) is 0.606. The zero-order valence-corrected chi connectivity index (χ0v) is 8.44. The normalized spacial score (nSPS) is 22.8. The van der Waals surface area contributed by atoms with Gasteiger partial charge in [-0.1, -0.05) is 30.7 Å². The molecule has 0 saturated heterocycles. The van der Waals surface area contributed by atoms with Crippen molar-refractivity contribution in [2.24, 2.45) is 5.92 Å². The van der Waals surface area contributed by atoms with Gasteiger partial charge in [-0.25, -0.2) is 0 Å². The van der Waals surface area contributed by atoms with Crippen molar-refractivity contribution in [2.75, 3.05) is 0 Å². The minimum Gasteiger partial charge on any atom is -0.299 e. The number of Topliss-reactive ketones (excluding diaryl/α,β-unsaturated/α-hetero) is 1. The summed E-state index contributed by atoms with van der Waals surface area (Å²) >= 11 is 0. The number of rotatable bonds is 3. The number of allylic oxidation sites excluding steroid dienone is 2. The van der Waals surface area contributed by atoms with Crippen LogP contribution in [-0.2, 0) is 4.79 Å². The first kappa shape index (κ1) is 10.2. The van der Waals surface area contributed by atoms with Crippen molar-refractivity contribution >= 4 is 5.78 Å². The predicted molar refractivity (Wildman–Crippen MR) is 55.5 cm³/mol. The van der Waals surface area contributed by atoms with Crippen molar-refractivity contribution in [3.05, 3.63) is 24.3 Å². The van der Waals surface area contributed by atoms with E-state index in [0.29, 0.717) is 5.78 Å². The summed E-state index contributed by atoms with van der Waals surface area (Å²) in [6.07, 6.45) is 4.92. The van der Waals surface area contributed by atoms with E-state index in [4.69, 9.17) is 0 Å². The lowest BCUT2D eigenvalue weighted by Crippen LogP contribution is -2.19. The zero-order valence-electron chi connectivity index (χ0n) is 8.44.